The molecule has 0 aromatic heterocycles. The van der Waals surface area contributed by atoms with Crippen LogP contribution in [0.3, 0.4) is 0 Å². The molecule has 130 valence electrons. The third-order valence-corrected chi connectivity index (χ3v) is 4.43. The summed E-state index contributed by atoms with van der Waals surface area (Å²) < 4.78 is 31.1. The maximum Gasteiger partial charge on any atom is 0.524 e. The van der Waals surface area contributed by atoms with Crippen LogP contribution in [0.2, 0.25) is 0 Å². The lowest BCUT2D eigenvalue weighted by Gasteiger charge is -2.32. The van der Waals surface area contributed by atoms with E-state index in [1.807, 2.05) is 27.7 Å². The average molecular weight is 327 g/mol. The topological polar surface area (TPSA) is 56.8 Å². The van der Waals surface area contributed by atoms with Gasteiger partial charge in [0.05, 0.1) is 16.7 Å². The smallest absolute Gasteiger partial charge is 0.444 e. The predicted octanol–water partition coefficient (Wildman–Crippen LogP) is 3.53. The van der Waals surface area contributed by atoms with Crippen molar-refractivity contribution in [1.29, 1.82) is 0 Å². The number of hydrogen-bond acceptors (Lipinski definition) is 4. The Labute approximate surface area is 138 Å². The van der Waals surface area contributed by atoms with Gasteiger partial charge in [-0.3, -0.25) is 0 Å². The lowest BCUT2D eigenvalue weighted by molar-refractivity contribution is 0.00578. The Kier molecular flexibility index (Phi) is 4.35. The van der Waals surface area contributed by atoms with E-state index in [1.54, 1.807) is 20.8 Å². The lowest BCUT2D eigenvalue weighted by Crippen LogP contribution is -2.41. The van der Waals surface area contributed by atoms with Crippen molar-refractivity contribution in [1.82, 2.24) is 5.32 Å². The summed E-state index contributed by atoms with van der Waals surface area (Å²) in [6, 6.07) is 0. The van der Waals surface area contributed by atoms with Gasteiger partial charge in [0, 0.05) is 0 Å². The Hall–Kier alpha value is -1.08. The van der Waals surface area contributed by atoms with E-state index in [9.17, 15) is 9.18 Å². The zero-order valence-electron chi connectivity index (χ0n) is 15.1. The van der Waals surface area contributed by atoms with Crippen LogP contribution in [-0.4, -0.2) is 35.6 Å². The molecule has 1 heterocycles. The first-order valence-corrected chi connectivity index (χ1v) is 8.00. The number of nitrogens with one attached hydrogen (secondary N) is 1. The highest BCUT2D eigenvalue weighted by Crippen LogP contribution is 2.42. The maximum atomic E-state index is 14.5. The Morgan fingerprint density at radius 2 is 1.65 bits per heavy atom. The largest absolute Gasteiger partial charge is 0.524 e. The molecule has 2 fully saturated rings. The molecule has 2 aliphatic rings. The van der Waals surface area contributed by atoms with Crippen LogP contribution in [0.4, 0.5) is 9.18 Å². The van der Waals surface area contributed by atoms with E-state index in [0.717, 1.165) is 0 Å². The first-order chi connectivity index (χ1) is 10.3. The van der Waals surface area contributed by atoms with Gasteiger partial charge in [-0.1, -0.05) is 0 Å². The molecule has 2 rings (SSSR count). The van der Waals surface area contributed by atoms with E-state index < -0.39 is 41.3 Å². The molecule has 1 amide bonds. The zero-order chi connectivity index (χ0) is 17.7. The van der Waals surface area contributed by atoms with Crippen molar-refractivity contribution in [3.63, 3.8) is 0 Å². The molecule has 0 aromatic carbocycles. The van der Waals surface area contributed by atoms with Crippen molar-refractivity contribution in [3.05, 3.63) is 11.8 Å². The Bertz CT molecular complexity index is 505. The van der Waals surface area contributed by atoms with E-state index in [4.69, 9.17) is 14.0 Å². The van der Waals surface area contributed by atoms with Crippen LogP contribution in [0.5, 0.6) is 0 Å². The van der Waals surface area contributed by atoms with Crippen LogP contribution in [-0.2, 0) is 14.0 Å². The van der Waals surface area contributed by atoms with E-state index in [1.165, 1.54) is 6.08 Å². The molecule has 1 N–H and O–H groups in total. The maximum absolute atomic E-state index is 14.5. The van der Waals surface area contributed by atoms with Gasteiger partial charge in [0.25, 0.3) is 0 Å². The molecule has 1 aliphatic heterocycles. The molecule has 0 bridgehead atoms. The van der Waals surface area contributed by atoms with Crippen LogP contribution in [0.1, 0.15) is 61.3 Å². The van der Waals surface area contributed by atoms with Crippen molar-refractivity contribution in [2.24, 2.45) is 0 Å². The monoisotopic (exact) mass is 327 g/mol. The molecule has 1 saturated heterocycles. The molecule has 0 aromatic rings. The van der Waals surface area contributed by atoms with Crippen molar-refractivity contribution in [2.45, 2.75) is 83.6 Å². The molecule has 1 aliphatic carbocycles. The third kappa shape index (κ3) is 4.26. The molecule has 23 heavy (non-hydrogen) atoms. The third-order valence-electron chi connectivity index (χ3n) is 4.43. The molecular weight excluding hydrogens is 300 g/mol. The first kappa shape index (κ1) is 18.3. The summed E-state index contributed by atoms with van der Waals surface area (Å²) >= 11 is 0. The minimum absolute atomic E-state index is 0.516. The van der Waals surface area contributed by atoms with E-state index in [-0.39, 0.29) is 0 Å². The minimum Gasteiger partial charge on any atom is -0.444 e. The van der Waals surface area contributed by atoms with Crippen LogP contribution in [0.15, 0.2) is 11.8 Å². The van der Waals surface area contributed by atoms with Crippen LogP contribution in [0.25, 0.3) is 0 Å². The Morgan fingerprint density at radius 3 is 2.04 bits per heavy atom. The van der Waals surface area contributed by atoms with Gasteiger partial charge in [-0.15, -0.1) is 0 Å². The minimum atomic E-state index is -1.04. The lowest BCUT2D eigenvalue weighted by atomic mass is 9.86. The molecule has 7 heteroatoms. The summed E-state index contributed by atoms with van der Waals surface area (Å²) in [5, 5.41) is 2.73. The van der Waals surface area contributed by atoms with Gasteiger partial charge < -0.3 is 19.4 Å². The number of halogens is 1. The van der Waals surface area contributed by atoms with Crippen LogP contribution in [0, 0.1) is 0 Å². The molecular formula is C16H27BFNO4. The number of carbonyl (C=O) groups excluding carboxylic acids is 1. The summed E-state index contributed by atoms with van der Waals surface area (Å²) in [6.07, 6.45) is 2.17. The Balaban J connectivity index is 2.03. The SMILES string of the molecule is CC(C)(C)OC(=O)NC1(C=C(F)B2OC(C)(C)C(C)(C)O2)CC1. The molecule has 5 nitrogen and oxygen atoms in total. The van der Waals surface area contributed by atoms with E-state index in [2.05, 4.69) is 5.32 Å². The quantitative estimate of drug-likeness (QED) is 0.806. The molecule has 0 atom stereocenters. The van der Waals surface area contributed by atoms with Crippen molar-refractivity contribution < 1.29 is 23.2 Å². The fourth-order valence-electron chi connectivity index (χ4n) is 2.23. The van der Waals surface area contributed by atoms with Gasteiger partial charge in [0.15, 0.2) is 0 Å². The van der Waals surface area contributed by atoms with Gasteiger partial charge in [-0.25, -0.2) is 9.18 Å². The molecule has 1 saturated carbocycles. The second kappa shape index (κ2) is 5.48. The number of rotatable bonds is 3. The predicted molar refractivity (Wildman–Crippen MR) is 86.6 cm³/mol. The summed E-state index contributed by atoms with van der Waals surface area (Å²) in [6.45, 7) is 12.8. The second-order valence-electron chi connectivity index (χ2n) is 8.40. The number of amides is 1. The highest BCUT2D eigenvalue weighted by Gasteiger charge is 2.54. The van der Waals surface area contributed by atoms with Crippen molar-refractivity contribution >= 4 is 13.2 Å². The number of hydrogen-bond donors (Lipinski definition) is 1. The highest BCUT2D eigenvalue weighted by molar-refractivity contribution is 6.53. The van der Waals surface area contributed by atoms with Gasteiger partial charge >= 0.3 is 13.2 Å². The highest BCUT2D eigenvalue weighted by atomic mass is 19.1. The second-order valence-corrected chi connectivity index (χ2v) is 8.40. The number of ether oxygens (including phenoxy) is 1. The van der Waals surface area contributed by atoms with Crippen molar-refractivity contribution in [3.8, 4) is 0 Å². The summed E-state index contributed by atoms with van der Waals surface area (Å²) in [5.74, 6) is 0. The summed E-state index contributed by atoms with van der Waals surface area (Å²) in [5.41, 5.74) is -3.00. The van der Waals surface area contributed by atoms with Gasteiger partial charge in [0.2, 0.25) is 0 Å². The van der Waals surface area contributed by atoms with Gasteiger partial charge in [-0.2, -0.15) is 0 Å². The molecule has 0 unspecified atom stereocenters. The summed E-state index contributed by atoms with van der Waals surface area (Å²) in [7, 11) is -1.04. The van der Waals surface area contributed by atoms with Crippen LogP contribution >= 0.6 is 0 Å². The molecule has 0 spiro atoms. The van der Waals surface area contributed by atoms with E-state index in [0.29, 0.717) is 12.8 Å². The van der Waals surface area contributed by atoms with E-state index >= 15 is 0 Å². The number of carbonyl (C=O) groups is 1. The molecule has 0 radical (unpaired) electrons. The fourth-order valence-corrected chi connectivity index (χ4v) is 2.23. The summed E-state index contributed by atoms with van der Waals surface area (Å²) in [4.78, 5) is 11.9. The van der Waals surface area contributed by atoms with Gasteiger partial charge in [-0.05, 0) is 67.4 Å². The van der Waals surface area contributed by atoms with Gasteiger partial charge in [0.1, 0.15) is 11.3 Å². The van der Waals surface area contributed by atoms with Crippen molar-refractivity contribution in [2.75, 3.05) is 0 Å². The fraction of sp³-hybridized carbons (Fsp3) is 0.812. The average Bonchev–Trinajstić information content (AvgIpc) is 2.98. The van der Waals surface area contributed by atoms with Crippen LogP contribution < -0.4 is 5.32 Å². The zero-order valence-corrected chi connectivity index (χ0v) is 15.1. The number of alkyl carbamates (subject to hydrolysis) is 1. The normalized spacial score (nSPS) is 25.2. The Morgan fingerprint density at radius 1 is 1.17 bits per heavy atom. The first-order valence-electron chi connectivity index (χ1n) is 8.00. The standard InChI is InChI=1S/C16H27BFNO4/c1-13(2,3)21-12(20)19-16(8-9-16)10-11(18)17-22-14(4,5)15(6,7)23-17/h10H,8-9H2,1-7H3,(H,19,20).